The lowest BCUT2D eigenvalue weighted by Gasteiger charge is -2.45. The molecule has 2 heterocycles. The standard InChI is InChI=1S/C17H28N4O2/c1-11-6-12(8-17(2,3)7-11)21-9-13-14(18-10-21)19(4)16(23)20(5)15(13)22/h11-12,18H,6-10H2,1-5H3/t11-,12-/m1/s1. The van der Waals surface area contributed by atoms with Gasteiger partial charge < -0.3 is 5.32 Å². The quantitative estimate of drug-likeness (QED) is 0.851. The summed E-state index contributed by atoms with van der Waals surface area (Å²) in [4.78, 5) is 26.9. The Morgan fingerprint density at radius 1 is 1.13 bits per heavy atom. The van der Waals surface area contributed by atoms with Gasteiger partial charge >= 0.3 is 5.69 Å². The van der Waals surface area contributed by atoms with E-state index in [0.717, 1.165) is 6.42 Å². The second-order valence-electron chi connectivity index (χ2n) is 8.18. The Kier molecular flexibility index (Phi) is 3.91. The van der Waals surface area contributed by atoms with E-state index in [2.05, 4.69) is 31.0 Å². The predicted molar refractivity (Wildman–Crippen MR) is 91.5 cm³/mol. The van der Waals surface area contributed by atoms with Crippen LogP contribution >= 0.6 is 0 Å². The molecule has 1 N–H and O–H groups in total. The van der Waals surface area contributed by atoms with Gasteiger partial charge in [-0.15, -0.1) is 0 Å². The molecule has 0 bridgehead atoms. The highest BCUT2D eigenvalue weighted by Gasteiger charge is 2.36. The molecule has 1 fully saturated rings. The monoisotopic (exact) mass is 320 g/mol. The summed E-state index contributed by atoms with van der Waals surface area (Å²) in [5.41, 5.74) is 0.597. The second kappa shape index (κ2) is 5.51. The first-order valence-corrected chi connectivity index (χ1v) is 8.46. The zero-order valence-corrected chi connectivity index (χ0v) is 14.8. The summed E-state index contributed by atoms with van der Waals surface area (Å²) < 4.78 is 2.75. The fourth-order valence-corrected chi connectivity index (χ4v) is 4.55. The lowest BCUT2D eigenvalue weighted by atomic mass is 9.70. The molecule has 1 aliphatic carbocycles. The third-order valence-corrected chi connectivity index (χ3v) is 5.45. The maximum absolute atomic E-state index is 12.5. The van der Waals surface area contributed by atoms with Crippen LogP contribution in [-0.2, 0) is 20.6 Å². The highest BCUT2D eigenvalue weighted by Crippen LogP contribution is 2.41. The number of aromatic nitrogens is 2. The Morgan fingerprint density at radius 3 is 2.48 bits per heavy atom. The average molecular weight is 320 g/mol. The molecular weight excluding hydrogens is 292 g/mol. The van der Waals surface area contributed by atoms with Crippen LogP contribution in [0.4, 0.5) is 5.82 Å². The Bertz CT molecular complexity index is 731. The van der Waals surface area contributed by atoms with Gasteiger partial charge in [-0.1, -0.05) is 20.8 Å². The van der Waals surface area contributed by atoms with Crippen LogP contribution in [0, 0.1) is 11.3 Å². The molecule has 3 rings (SSSR count). The first-order chi connectivity index (χ1) is 10.7. The molecule has 1 aromatic heterocycles. The van der Waals surface area contributed by atoms with Crippen LogP contribution in [0.1, 0.15) is 45.6 Å². The molecule has 0 amide bonds. The largest absolute Gasteiger partial charge is 0.358 e. The molecule has 0 spiro atoms. The number of hydrogen-bond donors (Lipinski definition) is 1. The Hall–Kier alpha value is -1.56. The topological polar surface area (TPSA) is 59.3 Å². The molecule has 0 aromatic carbocycles. The van der Waals surface area contributed by atoms with E-state index < -0.39 is 0 Å². The summed E-state index contributed by atoms with van der Waals surface area (Å²) in [5.74, 6) is 1.38. The molecule has 0 unspecified atom stereocenters. The van der Waals surface area contributed by atoms with E-state index in [1.807, 2.05) is 0 Å². The molecule has 0 saturated heterocycles. The van der Waals surface area contributed by atoms with Gasteiger partial charge in [0.1, 0.15) is 5.82 Å². The van der Waals surface area contributed by atoms with Crippen molar-refractivity contribution in [3.05, 3.63) is 26.4 Å². The van der Waals surface area contributed by atoms with Crippen LogP contribution in [0.2, 0.25) is 0 Å². The molecule has 1 saturated carbocycles. The van der Waals surface area contributed by atoms with Gasteiger partial charge in [0.05, 0.1) is 12.2 Å². The van der Waals surface area contributed by atoms with Gasteiger partial charge in [0.15, 0.2) is 0 Å². The van der Waals surface area contributed by atoms with Crippen molar-refractivity contribution in [3.8, 4) is 0 Å². The third kappa shape index (κ3) is 2.84. The lowest BCUT2D eigenvalue weighted by molar-refractivity contribution is 0.0636. The molecule has 6 heteroatoms. The van der Waals surface area contributed by atoms with Gasteiger partial charge in [-0.25, -0.2) is 4.79 Å². The van der Waals surface area contributed by atoms with Crippen molar-refractivity contribution in [2.75, 3.05) is 12.0 Å². The number of nitrogens with one attached hydrogen (secondary N) is 1. The maximum Gasteiger partial charge on any atom is 0.332 e. The van der Waals surface area contributed by atoms with Crippen molar-refractivity contribution in [3.63, 3.8) is 0 Å². The number of rotatable bonds is 1. The van der Waals surface area contributed by atoms with Crippen molar-refractivity contribution in [1.82, 2.24) is 14.0 Å². The summed E-state index contributed by atoms with van der Waals surface area (Å²) >= 11 is 0. The molecule has 6 nitrogen and oxygen atoms in total. The van der Waals surface area contributed by atoms with Crippen molar-refractivity contribution >= 4 is 5.82 Å². The van der Waals surface area contributed by atoms with E-state index >= 15 is 0 Å². The van der Waals surface area contributed by atoms with E-state index in [4.69, 9.17) is 0 Å². The number of hydrogen-bond acceptors (Lipinski definition) is 4. The third-order valence-electron chi connectivity index (χ3n) is 5.45. The maximum atomic E-state index is 12.5. The first-order valence-electron chi connectivity index (χ1n) is 8.46. The van der Waals surface area contributed by atoms with E-state index in [1.165, 1.54) is 17.4 Å². The number of anilines is 1. The summed E-state index contributed by atoms with van der Waals surface area (Å²) in [6, 6.07) is 0.483. The Balaban J connectivity index is 1.92. The van der Waals surface area contributed by atoms with Crippen molar-refractivity contribution < 1.29 is 0 Å². The molecule has 0 radical (unpaired) electrons. The van der Waals surface area contributed by atoms with Crippen LogP contribution in [0.3, 0.4) is 0 Å². The van der Waals surface area contributed by atoms with Gasteiger partial charge in [-0.2, -0.15) is 0 Å². The summed E-state index contributed by atoms with van der Waals surface area (Å²) in [5, 5.41) is 3.30. The van der Waals surface area contributed by atoms with Crippen molar-refractivity contribution in [2.24, 2.45) is 25.4 Å². The zero-order valence-electron chi connectivity index (χ0n) is 14.8. The molecule has 2 aliphatic rings. The first kappa shape index (κ1) is 16.3. The molecular formula is C17H28N4O2. The molecule has 23 heavy (non-hydrogen) atoms. The van der Waals surface area contributed by atoms with E-state index in [-0.39, 0.29) is 11.2 Å². The molecule has 1 aromatic rings. The minimum absolute atomic E-state index is 0.177. The number of nitrogens with zero attached hydrogens (tertiary/aromatic N) is 3. The van der Waals surface area contributed by atoms with Gasteiger partial charge in [-0.3, -0.25) is 18.8 Å². The summed E-state index contributed by atoms with van der Waals surface area (Å²) in [6.07, 6.45) is 3.59. The SMILES string of the molecule is C[C@@H]1C[C@@H](N2CNc3c(c(=O)n(C)c(=O)n3C)C2)CC(C)(C)C1. The van der Waals surface area contributed by atoms with Crippen LogP contribution in [-0.4, -0.2) is 26.7 Å². The Morgan fingerprint density at radius 2 is 1.83 bits per heavy atom. The normalized spacial score (nSPS) is 27.3. The highest BCUT2D eigenvalue weighted by atomic mass is 16.2. The van der Waals surface area contributed by atoms with Crippen LogP contribution in [0.25, 0.3) is 0 Å². The fourth-order valence-electron chi connectivity index (χ4n) is 4.55. The van der Waals surface area contributed by atoms with E-state index in [0.29, 0.717) is 42.0 Å². The summed E-state index contributed by atoms with van der Waals surface area (Å²) in [6.45, 7) is 8.31. The Labute approximate surface area is 137 Å². The minimum atomic E-state index is -0.276. The predicted octanol–water partition coefficient (Wildman–Crippen LogP) is 1.48. The minimum Gasteiger partial charge on any atom is -0.358 e. The average Bonchev–Trinajstić information content (AvgIpc) is 2.48. The lowest BCUT2D eigenvalue weighted by Crippen LogP contribution is -2.51. The fraction of sp³-hybridized carbons (Fsp3) is 0.765. The zero-order chi connectivity index (χ0) is 16.9. The van der Waals surface area contributed by atoms with Gasteiger partial charge in [0, 0.05) is 26.7 Å². The van der Waals surface area contributed by atoms with Crippen molar-refractivity contribution in [1.29, 1.82) is 0 Å². The van der Waals surface area contributed by atoms with Crippen LogP contribution < -0.4 is 16.6 Å². The second-order valence-corrected chi connectivity index (χ2v) is 8.18. The van der Waals surface area contributed by atoms with E-state index in [9.17, 15) is 9.59 Å². The van der Waals surface area contributed by atoms with Gasteiger partial charge in [0.2, 0.25) is 0 Å². The van der Waals surface area contributed by atoms with E-state index in [1.54, 1.807) is 18.7 Å². The number of fused-ring (bicyclic) bond motifs is 1. The highest BCUT2D eigenvalue weighted by molar-refractivity contribution is 5.45. The van der Waals surface area contributed by atoms with Gasteiger partial charge in [-0.05, 0) is 30.6 Å². The van der Waals surface area contributed by atoms with Crippen molar-refractivity contribution in [2.45, 2.75) is 52.6 Å². The molecule has 2 atom stereocenters. The molecule has 1 aliphatic heterocycles. The smallest absolute Gasteiger partial charge is 0.332 e. The molecule has 128 valence electrons. The van der Waals surface area contributed by atoms with Gasteiger partial charge in [0.25, 0.3) is 5.56 Å². The van der Waals surface area contributed by atoms with Crippen LogP contribution in [0.15, 0.2) is 9.59 Å². The summed E-state index contributed by atoms with van der Waals surface area (Å²) in [7, 11) is 3.27. The van der Waals surface area contributed by atoms with Crippen LogP contribution in [0.5, 0.6) is 0 Å².